The van der Waals surface area contributed by atoms with Gasteiger partial charge in [-0.05, 0) is 46.1 Å². The van der Waals surface area contributed by atoms with Crippen molar-refractivity contribution in [2.45, 2.75) is 6.42 Å². The molecule has 7 heteroatoms. The molecule has 0 saturated heterocycles. The lowest BCUT2D eigenvalue weighted by Crippen LogP contribution is -2.22. The molecule has 1 aromatic carbocycles. The smallest absolute Gasteiger partial charge is 0.364 e. The maximum Gasteiger partial charge on any atom is 0.364 e. The summed E-state index contributed by atoms with van der Waals surface area (Å²) >= 11 is 3.34. The molecule has 1 amide bonds. The predicted molar refractivity (Wildman–Crippen MR) is 91.4 cm³/mol. The number of carbonyl (C=O) groups excluding carboxylic acids is 2. The number of ether oxygens (including phenoxy) is 1. The number of halogens is 1. The molecule has 0 atom stereocenters. The van der Waals surface area contributed by atoms with Gasteiger partial charge in [0.05, 0.1) is 4.60 Å². The molecule has 1 aromatic heterocycles. The Bertz CT molecular complexity index is 912. The first-order chi connectivity index (χ1) is 11.6. The van der Waals surface area contributed by atoms with Gasteiger partial charge in [0.15, 0.2) is 5.70 Å². The van der Waals surface area contributed by atoms with Crippen molar-refractivity contribution in [2.75, 3.05) is 6.54 Å². The molecular formula is C17H12BrN3O3. The van der Waals surface area contributed by atoms with E-state index < -0.39 is 5.97 Å². The third-order valence-electron chi connectivity index (χ3n) is 3.90. The number of amides is 1. The van der Waals surface area contributed by atoms with Crippen LogP contribution in [0.3, 0.4) is 0 Å². The van der Waals surface area contributed by atoms with Gasteiger partial charge < -0.3 is 15.0 Å². The second-order valence-corrected chi connectivity index (χ2v) is 6.27. The normalized spacial score (nSPS) is 20.1. The van der Waals surface area contributed by atoms with Gasteiger partial charge in [-0.25, -0.2) is 9.79 Å². The molecule has 4 rings (SSSR count). The van der Waals surface area contributed by atoms with Crippen molar-refractivity contribution in [3.8, 4) is 0 Å². The molecule has 0 spiro atoms. The topological polar surface area (TPSA) is 83.5 Å². The first-order valence-electron chi connectivity index (χ1n) is 7.40. The van der Waals surface area contributed by atoms with E-state index in [1.165, 1.54) is 0 Å². The van der Waals surface area contributed by atoms with E-state index in [2.05, 4.69) is 31.2 Å². The van der Waals surface area contributed by atoms with E-state index in [0.717, 1.165) is 5.56 Å². The Morgan fingerprint density at radius 3 is 2.75 bits per heavy atom. The van der Waals surface area contributed by atoms with Gasteiger partial charge in [0.1, 0.15) is 5.69 Å². The van der Waals surface area contributed by atoms with Gasteiger partial charge in [-0.1, -0.05) is 18.2 Å². The molecule has 2 aromatic rings. The lowest BCUT2D eigenvalue weighted by molar-refractivity contribution is -0.129. The summed E-state index contributed by atoms with van der Waals surface area (Å²) in [5, 5.41) is 2.80. The average molecular weight is 386 g/mol. The van der Waals surface area contributed by atoms with Gasteiger partial charge in [0.2, 0.25) is 5.90 Å². The van der Waals surface area contributed by atoms with Gasteiger partial charge in [-0.2, -0.15) is 0 Å². The van der Waals surface area contributed by atoms with E-state index in [0.29, 0.717) is 34.4 Å². The largest absolute Gasteiger partial charge is 0.402 e. The standard InChI is InChI=1S/C17H12BrN3O3/c18-12-8-11-10(6-7-19-15(22)13(11)20-12)14-17(23)24-16(21-14)9-4-2-1-3-5-9/h1-5,8,20H,6-7H2,(H,19,22)/b14-10+. The van der Waals surface area contributed by atoms with Crippen molar-refractivity contribution in [3.63, 3.8) is 0 Å². The summed E-state index contributed by atoms with van der Waals surface area (Å²) in [4.78, 5) is 31.8. The third kappa shape index (κ3) is 2.46. The summed E-state index contributed by atoms with van der Waals surface area (Å²) < 4.78 is 6.00. The molecule has 0 radical (unpaired) electrons. The zero-order chi connectivity index (χ0) is 16.7. The first kappa shape index (κ1) is 14.9. The fourth-order valence-corrected chi connectivity index (χ4v) is 3.24. The minimum atomic E-state index is -0.499. The SMILES string of the molecule is O=C1OC(c2ccccc2)=N/C1=C1\CCNC(=O)c2[nH]c(Br)cc21. The van der Waals surface area contributed by atoms with Crippen molar-refractivity contribution in [1.82, 2.24) is 10.3 Å². The van der Waals surface area contributed by atoms with Gasteiger partial charge in [0.25, 0.3) is 5.91 Å². The van der Waals surface area contributed by atoms with E-state index in [4.69, 9.17) is 4.74 Å². The zero-order valence-corrected chi connectivity index (χ0v) is 14.0. The number of rotatable bonds is 1. The molecule has 2 aliphatic rings. The van der Waals surface area contributed by atoms with E-state index in [1.807, 2.05) is 30.3 Å². The Kier molecular flexibility index (Phi) is 3.57. The van der Waals surface area contributed by atoms with Crippen LogP contribution >= 0.6 is 15.9 Å². The Balaban J connectivity index is 1.86. The van der Waals surface area contributed by atoms with Crippen LogP contribution in [0.4, 0.5) is 0 Å². The molecule has 120 valence electrons. The van der Waals surface area contributed by atoms with Crippen LogP contribution in [-0.2, 0) is 9.53 Å². The molecule has 2 aliphatic heterocycles. The van der Waals surface area contributed by atoms with Crippen molar-refractivity contribution in [1.29, 1.82) is 0 Å². The number of H-pyrrole nitrogens is 1. The molecule has 0 fully saturated rings. The summed E-state index contributed by atoms with van der Waals surface area (Å²) in [6.07, 6.45) is 0.499. The average Bonchev–Trinajstić information content (AvgIpc) is 3.12. The summed E-state index contributed by atoms with van der Waals surface area (Å²) in [5.74, 6) is -0.422. The molecule has 0 aliphatic carbocycles. The molecule has 24 heavy (non-hydrogen) atoms. The van der Waals surface area contributed by atoms with Crippen molar-refractivity contribution in [3.05, 3.63) is 63.5 Å². The minimum absolute atomic E-state index is 0.204. The number of esters is 1. The lowest BCUT2D eigenvalue weighted by atomic mass is 10.0. The van der Waals surface area contributed by atoms with Crippen molar-refractivity contribution in [2.24, 2.45) is 4.99 Å². The molecule has 6 nitrogen and oxygen atoms in total. The maximum absolute atomic E-state index is 12.3. The van der Waals surface area contributed by atoms with Crippen LogP contribution in [-0.4, -0.2) is 29.3 Å². The number of hydrogen-bond acceptors (Lipinski definition) is 4. The van der Waals surface area contributed by atoms with Crippen LogP contribution in [0.15, 0.2) is 51.7 Å². The number of fused-ring (bicyclic) bond motifs is 1. The second-order valence-electron chi connectivity index (χ2n) is 5.41. The summed E-state index contributed by atoms with van der Waals surface area (Å²) in [5.41, 5.74) is 2.76. The van der Waals surface area contributed by atoms with E-state index in [9.17, 15) is 9.59 Å². The van der Waals surface area contributed by atoms with E-state index in [-0.39, 0.29) is 17.5 Å². The maximum atomic E-state index is 12.3. The van der Waals surface area contributed by atoms with Crippen LogP contribution in [0.1, 0.15) is 28.0 Å². The Hall–Kier alpha value is -2.67. The van der Waals surface area contributed by atoms with Crippen LogP contribution < -0.4 is 5.32 Å². The van der Waals surface area contributed by atoms with Crippen LogP contribution in [0.5, 0.6) is 0 Å². The molecular weight excluding hydrogens is 374 g/mol. The van der Waals surface area contributed by atoms with Crippen molar-refractivity contribution < 1.29 is 14.3 Å². The fourth-order valence-electron chi connectivity index (χ4n) is 2.81. The van der Waals surface area contributed by atoms with Gasteiger partial charge in [-0.3, -0.25) is 4.79 Å². The molecule has 3 heterocycles. The Morgan fingerprint density at radius 1 is 1.17 bits per heavy atom. The van der Waals surface area contributed by atoms with E-state index >= 15 is 0 Å². The first-order valence-corrected chi connectivity index (χ1v) is 8.19. The summed E-state index contributed by atoms with van der Waals surface area (Å²) in [6.45, 7) is 0.432. The number of carbonyl (C=O) groups is 2. The molecule has 0 saturated carbocycles. The quantitative estimate of drug-likeness (QED) is 0.584. The number of benzene rings is 1. The summed E-state index contributed by atoms with van der Waals surface area (Å²) in [7, 11) is 0. The molecule has 0 unspecified atom stereocenters. The number of cyclic esters (lactones) is 1. The van der Waals surface area contributed by atoms with Gasteiger partial charge in [-0.15, -0.1) is 0 Å². The molecule has 0 bridgehead atoms. The fraction of sp³-hybridized carbons (Fsp3) is 0.118. The highest BCUT2D eigenvalue weighted by atomic mass is 79.9. The highest BCUT2D eigenvalue weighted by molar-refractivity contribution is 9.10. The molecule has 2 N–H and O–H groups in total. The Morgan fingerprint density at radius 2 is 1.96 bits per heavy atom. The van der Waals surface area contributed by atoms with E-state index in [1.54, 1.807) is 6.07 Å². The number of hydrogen-bond donors (Lipinski definition) is 2. The summed E-state index contributed by atoms with van der Waals surface area (Å²) in [6, 6.07) is 11.0. The van der Waals surface area contributed by atoms with Crippen LogP contribution in [0.2, 0.25) is 0 Å². The zero-order valence-electron chi connectivity index (χ0n) is 12.4. The second kappa shape index (κ2) is 5.76. The highest BCUT2D eigenvalue weighted by Crippen LogP contribution is 2.33. The predicted octanol–water partition coefficient (Wildman–Crippen LogP) is 2.63. The number of aromatic nitrogens is 1. The van der Waals surface area contributed by atoms with Crippen LogP contribution in [0.25, 0.3) is 5.57 Å². The minimum Gasteiger partial charge on any atom is -0.402 e. The van der Waals surface area contributed by atoms with Gasteiger partial charge >= 0.3 is 5.97 Å². The Labute approximate surface area is 145 Å². The number of aliphatic imine (C=N–C) groups is 1. The number of nitrogens with one attached hydrogen (secondary N) is 2. The van der Waals surface area contributed by atoms with Crippen molar-refractivity contribution >= 4 is 39.3 Å². The third-order valence-corrected chi connectivity index (χ3v) is 4.33. The monoisotopic (exact) mass is 385 g/mol. The number of aromatic amines is 1. The van der Waals surface area contributed by atoms with Crippen LogP contribution in [0, 0.1) is 0 Å². The number of nitrogens with zero attached hydrogens (tertiary/aromatic N) is 1. The lowest BCUT2D eigenvalue weighted by Gasteiger charge is -2.03. The highest BCUT2D eigenvalue weighted by Gasteiger charge is 2.31. The van der Waals surface area contributed by atoms with Gasteiger partial charge in [0, 0.05) is 17.7 Å².